The molecule has 0 aliphatic rings. The van der Waals surface area contributed by atoms with Gasteiger partial charge in [-0.05, 0) is 28.7 Å². The molecular weight excluding hydrogens is 326 g/mol. The first-order valence-electron chi connectivity index (χ1n) is 7.49. The minimum Gasteiger partial charge on any atom is -0.467 e. The summed E-state index contributed by atoms with van der Waals surface area (Å²) in [6, 6.07) is 8.45. The number of hydrogen-bond acceptors (Lipinski definition) is 6. The molecule has 0 aliphatic carbocycles. The Bertz CT molecular complexity index is 845. The minimum absolute atomic E-state index is 0.102. The molecule has 0 radical (unpaired) electrons. The smallest absolute Gasteiger partial charge is 0.389 e. The lowest BCUT2D eigenvalue weighted by Crippen LogP contribution is -2.33. The quantitative estimate of drug-likeness (QED) is 0.480. The van der Waals surface area contributed by atoms with E-state index in [1.54, 1.807) is 41.8 Å². The second-order valence-corrected chi connectivity index (χ2v) is 5.32. The molecule has 0 saturated heterocycles. The number of carbonyl (C=O) groups excluding carboxylic acids is 1. The van der Waals surface area contributed by atoms with Crippen LogP contribution in [0.5, 0.6) is 0 Å². The third-order valence-corrected chi connectivity index (χ3v) is 3.49. The van der Waals surface area contributed by atoms with Crippen molar-refractivity contribution in [2.45, 2.75) is 19.6 Å². The van der Waals surface area contributed by atoms with Crippen molar-refractivity contribution in [3.05, 3.63) is 76.6 Å². The zero-order valence-electron chi connectivity index (χ0n) is 13.2. The Hall–Kier alpha value is -3.49. The first kappa shape index (κ1) is 16.4. The summed E-state index contributed by atoms with van der Waals surface area (Å²) in [7, 11) is 0. The van der Waals surface area contributed by atoms with Crippen LogP contribution in [0.1, 0.15) is 11.3 Å². The summed E-state index contributed by atoms with van der Waals surface area (Å²) in [5.41, 5.74) is 0.869. The van der Waals surface area contributed by atoms with Crippen LogP contribution in [0.4, 0.5) is 5.82 Å². The highest BCUT2D eigenvalue weighted by atomic mass is 16.6. The average Bonchev–Trinajstić information content (AvgIpc) is 3.27. The summed E-state index contributed by atoms with van der Waals surface area (Å²) in [6.07, 6.45) is 6.29. The number of pyridine rings is 1. The molecule has 0 saturated carbocycles. The van der Waals surface area contributed by atoms with E-state index < -0.39 is 4.92 Å². The van der Waals surface area contributed by atoms with Gasteiger partial charge in [-0.25, -0.2) is 0 Å². The van der Waals surface area contributed by atoms with Gasteiger partial charge in [0.15, 0.2) is 0 Å². The number of furan rings is 1. The number of nitro groups is 1. The molecular formula is C16H15N5O4. The molecule has 128 valence electrons. The summed E-state index contributed by atoms with van der Waals surface area (Å²) in [5.74, 6) is 0.111. The monoisotopic (exact) mass is 341 g/mol. The highest BCUT2D eigenvalue weighted by Gasteiger charge is 2.19. The van der Waals surface area contributed by atoms with Crippen LogP contribution in [0.25, 0.3) is 0 Å². The van der Waals surface area contributed by atoms with Crippen LogP contribution in [-0.2, 0) is 24.4 Å². The molecule has 0 atom stereocenters. The van der Waals surface area contributed by atoms with E-state index in [0.717, 1.165) is 5.56 Å². The lowest BCUT2D eigenvalue weighted by Gasteiger charge is -2.21. The van der Waals surface area contributed by atoms with Crippen LogP contribution in [0.2, 0.25) is 0 Å². The molecule has 0 unspecified atom stereocenters. The molecule has 0 bridgehead atoms. The van der Waals surface area contributed by atoms with Gasteiger partial charge in [0.05, 0.1) is 30.2 Å². The van der Waals surface area contributed by atoms with E-state index in [1.807, 2.05) is 6.07 Å². The predicted octanol–water partition coefficient (Wildman–Crippen LogP) is 2.01. The van der Waals surface area contributed by atoms with Crippen molar-refractivity contribution < 1.29 is 14.1 Å². The highest BCUT2D eigenvalue weighted by Crippen LogP contribution is 2.12. The van der Waals surface area contributed by atoms with Crippen molar-refractivity contribution in [2.75, 3.05) is 0 Å². The molecule has 3 heterocycles. The Kier molecular flexibility index (Phi) is 4.84. The van der Waals surface area contributed by atoms with E-state index in [-0.39, 0.29) is 24.8 Å². The molecule has 0 aromatic carbocycles. The normalized spacial score (nSPS) is 10.6. The van der Waals surface area contributed by atoms with E-state index >= 15 is 0 Å². The van der Waals surface area contributed by atoms with Gasteiger partial charge in [0.2, 0.25) is 5.91 Å². The maximum atomic E-state index is 12.7. The fourth-order valence-electron chi connectivity index (χ4n) is 2.31. The second-order valence-electron chi connectivity index (χ2n) is 5.32. The maximum absolute atomic E-state index is 12.7. The zero-order valence-corrected chi connectivity index (χ0v) is 13.2. The van der Waals surface area contributed by atoms with Gasteiger partial charge in [-0.2, -0.15) is 4.68 Å². The van der Waals surface area contributed by atoms with E-state index in [1.165, 1.54) is 16.9 Å². The number of nitrogens with zero attached hydrogens (tertiary/aromatic N) is 5. The molecule has 0 N–H and O–H groups in total. The predicted molar refractivity (Wildman–Crippen MR) is 86.1 cm³/mol. The van der Waals surface area contributed by atoms with Gasteiger partial charge in [-0.15, -0.1) is 0 Å². The second kappa shape index (κ2) is 7.39. The van der Waals surface area contributed by atoms with Crippen molar-refractivity contribution in [2.24, 2.45) is 0 Å². The largest absolute Gasteiger partial charge is 0.467 e. The van der Waals surface area contributed by atoms with Crippen molar-refractivity contribution in [3.8, 4) is 0 Å². The lowest BCUT2D eigenvalue weighted by molar-refractivity contribution is -0.389. The number of aromatic nitrogens is 3. The number of hydrogen-bond donors (Lipinski definition) is 0. The van der Waals surface area contributed by atoms with Crippen molar-refractivity contribution >= 4 is 11.7 Å². The number of rotatable bonds is 7. The standard InChI is InChI=1S/C16H15N5O4/c22-16(12-20-7-5-15(18-20)21(23)24)19(11-14-4-2-8-25-14)10-13-3-1-6-17-9-13/h1-9H,10-12H2. The number of carbonyl (C=O) groups is 1. The fourth-order valence-corrected chi connectivity index (χ4v) is 2.31. The van der Waals surface area contributed by atoms with E-state index in [9.17, 15) is 14.9 Å². The van der Waals surface area contributed by atoms with Crippen molar-refractivity contribution in [1.29, 1.82) is 0 Å². The van der Waals surface area contributed by atoms with E-state index in [4.69, 9.17) is 4.42 Å². The summed E-state index contributed by atoms with van der Waals surface area (Å²) in [4.78, 5) is 28.4. The topological polar surface area (TPSA) is 107 Å². The Balaban J connectivity index is 1.74. The fraction of sp³-hybridized carbons (Fsp3) is 0.188. The average molecular weight is 341 g/mol. The van der Waals surface area contributed by atoms with Gasteiger partial charge in [0, 0.05) is 18.9 Å². The highest BCUT2D eigenvalue weighted by molar-refractivity contribution is 5.75. The molecule has 25 heavy (non-hydrogen) atoms. The van der Waals surface area contributed by atoms with Crippen LogP contribution in [0.15, 0.2) is 59.6 Å². The SMILES string of the molecule is O=C(Cn1ccc([N+](=O)[O-])n1)N(Cc1cccnc1)Cc1ccco1. The summed E-state index contributed by atoms with van der Waals surface area (Å²) in [6.45, 7) is 0.523. The van der Waals surface area contributed by atoms with Gasteiger partial charge >= 0.3 is 5.82 Å². The Morgan fingerprint density at radius 1 is 1.28 bits per heavy atom. The number of amides is 1. The summed E-state index contributed by atoms with van der Waals surface area (Å²) >= 11 is 0. The minimum atomic E-state index is -0.600. The van der Waals surface area contributed by atoms with Crippen LogP contribution in [0, 0.1) is 10.1 Å². The van der Waals surface area contributed by atoms with Crippen LogP contribution < -0.4 is 0 Å². The molecule has 0 spiro atoms. The molecule has 0 fully saturated rings. The summed E-state index contributed by atoms with van der Waals surface area (Å²) < 4.78 is 6.57. The summed E-state index contributed by atoms with van der Waals surface area (Å²) in [5, 5.41) is 14.5. The van der Waals surface area contributed by atoms with Crippen LogP contribution >= 0.6 is 0 Å². The van der Waals surface area contributed by atoms with Crippen LogP contribution in [-0.4, -0.2) is 30.5 Å². The van der Waals surface area contributed by atoms with Crippen molar-refractivity contribution in [3.63, 3.8) is 0 Å². The molecule has 3 aromatic rings. The van der Waals surface area contributed by atoms with E-state index in [2.05, 4.69) is 10.1 Å². The Labute approximate surface area is 142 Å². The molecule has 9 heteroatoms. The van der Waals surface area contributed by atoms with Gasteiger partial charge < -0.3 is 19.4 Å². The molecule has 3 rings (SSSR count). The van der Waals surface area contributed by atoms with Crippen LogP contribution in [0.3, 0.4) is 0 Å². The van der Waals surface area contributed by atoms with Gasteiger partial charge in [0.25, 0.3) is 0 Å². The molecule has 0 aliphatic heterocycles. The van der Waals surface area contributed by atoms with Gasteiger partial charge in [0.1, 0.15) is 12.3 Å². The molecule has 1 amide bonds. The lowest BCUT2D eigenvalue weighted by atomic mass is 10.2. The molecule has 3 aromatic heterocycles. The third-order valence-electron chi connectivity index (χ3n) is 3.49. The first-order valence-corrected chi connectivity index (χ1v) is 7.49. The van der Waals surface area contributed by atoms with Crippen molar-refractivity contribution in [1.82, 2.24) is 19.7 Å². The van der Waals surface area contributed by atoms with Gasteiger partial charge in [-0.3, -0.25) is 9.78 Å². The molecule has 9 nitrogen and oxygen atoms in total. The Morgan fingerprint density at radius 3 is 2.80 bits per heavy atom. The maximum Gasteiger partial charge on any atom is 0.389 e. The third kappa shape index (κ3) is 4.28. The first-order chi connectivity index (χ1) is 12.1. The Morgan fingerprint density at radius 2 is 2.16 bits per heavy atom. The zero-order chi connectivity index (χ0) is 17.6. The van der Waals surface area contributed by atoms with Gasteiger partial charge in [-0.1, -0.05) is 6.07 Å². The van der Waals surface area contributed by atoms with E-state index in [0.29, 0.717) is 12.3 Å².